The summed E-state index contributed by atoms with van der Waals surface area (Å²) in [6.45, 7) is 12.2. The van der Waals surface area contributed by atoms with Crippen molar-refractivity contribution in [1.82, 2.24) is 14.7 Å². The molecule has 0 amide bonds. The Balaban J connectivity index is 1.89. The number of likely N-dealkylation sites (N-methyl/N-ethyl adjacent to an activating group) is 1. The van der Waals surface area contributed by atoms with Gasteiger partial charge in [0.05, 0.1) is 22.8 Å². The van der Waals surface area contributed by atoms with Crippen LogP contribution >= 0.6 is 0 Å². The monoisotopic (exact) mass is 284 g/mol. The lowest BCUT2D eigenvalue weighted by atomic mass is 10.2. The molecule has 0 aliphatic carbocycles. The maximum Gasteiger partial charge on any atom is 0.0834 e. The quantitative estimate of drug-likeness (QED) is 0.866. The first-order valence-electron chi connectivity index (χ1n) is 7.79. The first-order chi connectivity index (χ1) is 10.2. The van der Waals surface area contributed by atoms with Gasteiger partial charge >= 0.3 is 0 Å². The standard InChI is InChI=1S/C17H24N4/c1-4-19-10-12-20(13-11-19)17-14(2)18-21(15(17)3)16-8-6-5-7-9-16/h5-9H,4,10-13H2,1-3H3. The van der Waals surface area contributed by atoms with Crippen LogP contribution < -0.4 is 4.90 Å². The molecule has 1 aromatic carbocycles. The largest absolute Gasteiger partial charge is 0.366 e. The van der Waals surface area contributed by atoms with E-state index in [2.05, 4.69) is 59.5 Å². The first-order valence-corrected chi connectivity index (χ1v) is 7.79. The molecular formula is C17H24N4. The van der Waals surface area contributed by atoms with Crippen molar-refractivity contribution in [3.8, 4) is 5.69 Å². The number of hydrogen-bond donors (Lipinski definition) is 0. The van der Waals surface area contributed by atoms with E-state index < -0.39 is 0 Å². The lowest BCUT2D eigenvalue weighted by molar-refractivity contribution is 0.271. The Morgan fingerprint density at radius 3 is 2.29 bits per heavy atom. The third kappa shape index (κ3) is 2.68. The first kappa shape index (κ1) is 14.1. The molecule has 1 aromatic heterocycles. The van der Waals surface area contributed by atoms with Crippen molar-refractivity contribution in [3.63, 3.8) is 0 Å². The van der Waals surface area contributed by atoms with Crippen LogP contribution in [0.15, 0.2) is 30.3 Å². The van der Waals surface area contributed by atoms with Crippen molar-refractivity contribution in [1.29, 1.82) is 0 Å². The third-order valence-corrected chi connectivity index (χ3v) is 4.39. The Labute approximate surface area is 127 Å². The minimum Gasteiger partial charge on any atom is -0.366 e. The summed E-state index contributed by atoms with van der Waals surface area (Å²) in [6, 6.07) is 10.4. The number of hydrogen-bond acceptors (Lipinski definition) is 3. The van der Waals surface area contributed by atoms with Gasteiger partial charge in [-0.3, -0.25) is 0 Å². The van der Waals surface area contributed by atoms with Gasteiger partial charge in [0.25, 0.3) is 0 Å². The molecule has 2 aromatic rings. The van der Waals surface area contributed by atoms with Crippen LogP contribution in [0.2, 0.25) is 0 Å². The Kier molecular flexibility index (Phi) is 3.97. The molecule has 1 saturated heterocycles. The highest BCUT2D eigenvalue weighted by Crippen LogP contribution is 2.27. The molecule has 0 saturated carbocycles. The van der Waals surface area contributed by atoms with Gasteiger partial charge in [-0.1, -0.05) is 25.1 Å². The summed E-state index contributed by atoms with van der Waals surface area (Å²) in [5, 5.41) is 4.76. The molecule has 1 aliphatic rings. The van der Waals surface area contributed by atoms with Crippen molar-refractivity contribution in [2.24, 2.45) is 0 Å². The topological polar surface area (TPSA) is 24.3 Å². The summed E-state index contributed by atoms with van der Waals surface area (Å²) in [5.74, 6) is 0. The van der Waals surface area contributed by atoms with E-state index in [1.165, 1.54) is 11.4 Å². The highest BCUT2D eigenvalue weighted by molar-refractivity contribution is 5.57. The zero-order chi connectivity index (χ0) is 14.8. The van der Waals surface area contributed by atoms with Crippen LogP contribution in [0.25, 0.3) is 5.69 Å². The number of aryl methyl sites for hydroxylation is 1. The van der Waals surface area contributed by atoms with E-state index in [1.54, 1.807) is 0 Å². The lowest BCUT2D eigenvalue weighted by Gasteiger charge is -2.35. The van der Waals surface area contributed by atoms with E-state index >= 15 is 0 Å². The predicted molar refractivity (Wildman–Crippen MR) is 87.4 cm³/mol. The molecule has 1 fully saturated rings. The highest BCUT2D eigenvalue weighted by Gasteiger charge is 2.22. The van der Waals surface area contributed by atoms with Crippen LogP contribution in [0.5, 0.6) is 0 Å². The second kappa shape index (κ2) is 5.90. The molecule has 1 aliphatic heterocycles. The predicted octanol–water partition coefficient (Wildman–Crippen LogP) is 2.63. The Bertz CT molecular complexity index is 595. The Hall–Kier alpha value is -1.81. The van der Waals surface area contributed by atoms with E-state index in [9.17, 15) is 0 Å². The van der Waals surface area contributed by atoms with Crippen LogP contribution in [-0.2, 0) is 0 Å². The second-order valence-corrected chi connectivity index (χ2v) is 5.69. The smallest absolute Gasteiger partial charge is 0.0834 e. The van der Waals surface area contributed by atoms with Crippen molar-refractivity contribution < 1.29 is 0 Å². The number of benzene rings is 1. The molecule has 0 atom stereocenters. The van der Waals surface area contributed by atoms with Gasteiger partial charge in [0, 0.05) is 26.2 Å². The van der Waals surface area contributed by atoms with Crippen molar-refractivity contribution in [2.75, 3.05) is 37.6 Å². The number of para-hydroxylation sites is 1. The summed E-state index contributed by atoms with van der Waals surface area (Å²) < 4.78 is 2.07. The van der Waals surface area contributed by atoms with Crippen molar-refractivity contribution in [2.45, 2.75) is 20.8 Å². The summed E-state index contributed by atoms with van der Waals surface area (Å²) in [4.78, 5) is 4.99. The molecule has 0 N–H and O–H groups in total. The van der Waals surface area contributed by atoms with E-state index in [0.29, 0.717) is 0 Å². The maximum absolute atomic E-state index is 4.76. The SMILES string of the molecule is CCN1CCN(c2c(C)nn(-c3ccccc3)c2C)CC1. The Morgan fingerprint density at radius 1 is 1.00 bits per heavy atom. The zero-order valence-electron chi connectivity index (χ0n) is 13.2. The fourth-order valence-electron chi connectivity index (χ4n) is 3.20. The van der Waals surface area contributed by atoms with Crippen LogP contribution in [0.3, 0.4) is 0 Å². The van der Waals surface area contributed by atoms with E-state index in [0.717, 1.165) is 44.1 Å². The molecule has 112 valence electrons. The molecule has 3 rings (SSSR count). The van der Waals surface area contributed by atoms with Gasteiger partial charge < -0.3 is 9.80 Å². The van der Waals surface area contributed by atoms with Gasteiger partial charge in [0.1, 0.15) is 0 Å². The number of rotatable bonds is 3. The van der Waals surface area contributed by atoms with E-state index in [-0.39, 0.29) is 0 Å². The zero-order valence-corrected chi connectivity index (χ0v) is 13.2. The van der Waals surface area contributed by atoms with Crippen LogP contribution in [0, 0.1) is 13.8 Å². The molecule has 0 spiro atoms. The van der Waals surface area contributed by atoms with Gasteiger partial charge in [-0.05, 0) is 32.5 Å². The molecule has 0 radical (unpaired) electrons. The molecule has 0 bridgehead atoms. The number of nitrogens with zero attached hydrogens (tertiary/aromatic N) is 4. The van der Waals surface area contributed by atoms with Gasteiger partial charge in [0.2, 0.25) is 0 Å². The normalized spacial score (nSPS) is 16.4. The molecule has 2 heterocycles. The van der Waals surface area contributed by atoms with Gasteiger partial charge in [-0.25, -0.2) is 4.68 Å². The number of piperazine rings is 1. The summed E-state index contributed by atoms with van der Waals surface area (Å²) in [6.07, 6.45) is 0. The second-order valence-electron chi connectivity index (χ2n) is 5.69. The summed E-state index contributed by atoms with van der Waals surface area (Å²) >= 11 is 0. The Morgan fingerprint density at radius 2 is 1.67 bits per heavy atom. The van der Waals surface area contributed by atoms with E-state index in [1.807, 2.05) is 6.07 Å². The molecular weight excluding hydrogens is 260 g/mol. The third-order valence-electron chi connectivity index (χ3n) is 4.39. The fourth-order valence-corrected chi connectivity index (χ4v) is 3.20. The maximum atomic E-state index is 4.76. The summed E-state index contributed by atoms with van der Waals surface area (Å²) in [7, 11) is 0. The average Bonchev–Trinajstić information content (AvgIpc) is 2.83. The average molecular weight is 284 g/mol. The van der Waals surface area contributed by atoms with Crippen LogP contribution in [-0.4, -0.2) is 47.4 Å². The van der Waals surface area contributed by atoms with Crippen molar-refractivity contribution >= 4 is 5.69 Å². The lowest BCUT2D eigenvalue weighted by Crippen LogP contribution is -2.46. The number of anilines is 1. The van der Waals surface area contributed by atoms with Gasteiger partial charge in [-0.2, -0.15) is 5.10 Å². The van der Waals surface area contributed by atoms with E-state index in [4.69, 9.17) is 5.10 Å². The van der Waals surface area contributed by atoms with Gasteiger partial charge in [-0.15, -0.1) is 0 Å². The molecule has 21 heavy (non-hydrogen) atoms. The molecule has 0 unspecified atom stereocenters. The minimum absolute atomic E-state index is 1.09. The van der Waals surface area contributed by atoms with Gasteiger partial charge in [0.15, 0.2) is 0 Å². The number of aromatic nitrogens is 2. The van der Waals surface area contributed by atoms with Crippen LogP contribution in [0.1, 0.15) is 18.3 Å². The fraction of sp³-hybridized carbons (Fsp3) is 0.471. The minimum atomic E-state index is 1.09. The summed E-state index contributed by atoms with van der Waals surface area (Å²) in [5.41, 5.74) is 4.82. The molecule has 4 heteroatoms. The van der Waals surface area contributed by atoms with Crippen molar-refractivity contribution in [3.05, 3.63) is 41.7 Å². The van der Waals surface area contributed by atoms with Crippen LogP contribution in [0.4, 0.5) is 5.69 Å². The highest BCUT2D eigenvalue weighted by atomic mass is 15.3. The molecule has 4 nitrogen and oxygen atoms in total.